The van der Waals surface area contributed by atoms with Crippen molar-refractivity contribution in [2.24, 2.45) is 0 Å². The van der Waals surface area contributed by atoms with Crippen molar-refractivity contribution in [3.63, 3.8) is 0 Å². The van der Waals surface area contributed by atoms with Crippen LogP contribution in [-0.4, -0.2) is 38.1 Å². The molecule has 0 unspecified atom stereocenters. The summed E-state index contributed by atoms with van der Waals surface area (Å²) in [6.45, 7) is 3.30. The van der Waals surface area contributed by atoms with E-state index in [9.17, 15) is 9.18 Å². The molecule has 2 rings (SSSR count). The molecule has 0 N–H and O–H groups in total. The molecule has 2 aromatic carbocycles. The maximum absolute atomic E-state index is 13.7. The molecule has 5 heteroatoms. The number of ether oxygens (including phenoxy) is 1. The molecule has 0 saturated heterocycles. The summed E-state index contributed by atoms with van der Waals surface area (Å²) in [5, 5.41) is 0. The number of likely N-dealkylation sites (N-methyl/N-ethyl adjacent to an activating group) is 2. The Morgan fingerprint density at radius 1 is 1.17 bits per heavy atom. The van der Waals surface area contributed by atoms with Crippen molar-refractivity contribution < 1.29 is 13.9 Å². The molecule has 0 fully saturated rings. The van der Waals surface area contributed by atoms with Gasteiger partial charge in [-0.05, 0) is 43.8 Å². The minimum Gasteiger partial charge on any atom is -0.494 e. The third kappa shape index (κ3) is 4.55. The van der Waals surface area contributed by atoms with Crippen molar-refractivity contribution in [2.45, 2.75) is 13.5 Å². The number of methoxy groups -OCH3 is 1. The fourth-order valence-corrected chi connectivity index (χ4v) is 2.60. The van der Waals surface area contributed by atoms with Crippen molar-refractivity contribution >= 4 is 11.6 Å². The number of carbonyl (C=O) groups is 1. The minimum atomic E-state index is -0.394. The molecular weight excluding hydrogens is 307 g/mol. The van der Waals surface area contributed by atoms with Crippen LogP contribution >= 0.6 is 0 Å². The molecule has 2 aromatic rings. The smallest absolute Gasteiger partial charge is 0.241 e. The van der Waals surface area contributed by atoms with E-state index in [1.807, 2.05) is 49.2 Å². The second kappa shape index (κ2) is 8.45. The summed E-state index contributed by atoms with van der Waals surface area (Å²) in [5.74, 6) is -0.159. The second-order valence-electron chi connectivity index (χ2n) is 5.61. The summed E-state index contributed by atoms with van der Waals surface area (Å²) in [7, 11) is 3.28. The van der Waals surface area contributed by atoms with Gasteiger partial charge in [-0.3, -0.25) is 9.69 Å². The van der Waals surface area contributed by atoms with E-state index >= 15 is 0 Å². The van der Waals surface area contributed by atoms with E-state index in [1.165, 1.54) is 13.2 Å². The van der Waals surface area contributed by atoms with Crippen LogP contribution in [0.2, 0.25) is 0 Å². The zero-order chi connectivity index (χ0) is 17.5. The van der Waals surface area contributed by atoms with Gasteiger partial charge in [0, 0.05) is 18.8 Å². The van der Waals surface area contributed by atoms with E-state index in [2.05, 4.69) is 0 Å². The Labute approximate surface area is 142 Å². The topological polar surface area (TPSA) is 32.8 Å². The van der Waals surface area contributed by atoms with Crippen LogP contribution in [0.3, 0.4) is 0 Å². The predicted octanol–water partition coefficient (Wildman–Crippen LogP) is 3.32. The van der Waals surface area contributed by atoms with Gasteiger partial charge in [0.1, 0.15) is 0 Å². The zero-order valence-electron chi connectivity index (χ0n) is 14.3. The molecule has 0 aromatic heterocycles. The monoisotopic (exact) mass is 330 g/mol. The highest BCUT2D eigenvalue weighted by atomic mass is 19.1. The van der Waals surface area contributed by atoms with E-state index in [4.69, 9.17) is 4.74 Å². The van der Waals surface area contributed by atoms with Crippen molar-refractivity contribution in [2.75, 3.05) is 32.1 Å². The van der Waals surface area contributed by atoms with Crippen LogP contribution in [0.15, 0.2) is 48.5 Å². The molecule has 4 nitrogen and oxygen atoms in total. The minimum absolute atomic E-state index is 0.0141. The molecule has 0 bridgehead atoms. The van der Waals surface area contributed by atoms with Gasteiger partial charge in [0.15, 0.2) is 11.6 Å². The Morgan fingerprint density at radius 2 is 1.88 bits per heavy atom. The highest BCUT2D eigenvalue weighted by Gasteiger charge is 2.16. The first-order chi connectivity index (χ1) is 11.5. The van der Waals surface area contributed by atoms with Crippen molar-refractivity contribution in [3.8, 4) is 5.75 Å². The van der Waals surface area contributed by atoms with E-state index in [1.54, 1.807) is 17.0 Å². The SMILES string of the molecule is CCN(C(=O)CN(C)Cc1ccc(OC)c(F)c1)c1ccccc1. The number of para-hydroxylation sites is 1. The summed E-state index contributed by atoms with van der Waals surface area (Å²) >= 11 is 0. The Balaban J connectivity index is 1.99. The van der Waals surface area contributed by atoms with Crippen LogP contribution in [0, 0.1) is 5.82 Å². The molecule has 0 heterocycles. The summed E-state index contributed by atoms with van der Waals surface area (Å²) in [6.07, 6.45) is 0. The van der Waals surface area contributed by atoms with Crippen LogP contribution in [0.5, 0.6) is 5.75 Å². The molecular formula is C19H23FN2O2. The Morgan fingerprint density at radius 3 is 2.46 bits per heavy atom. The fourth-order valence-electron chi connectivity index (χ4n) is 2.60. The average Bonchev–Trinajstić information content (AvgIpc) is 2.56. The number of benzene rings is 2. The summed E-state index contributed by atoms with van der Waals surface area (Å²) in [6, 6.07) is 14.4. The quantitative estimate of drug-likeness (QED) is 0.781. The zero-order valence-corrected chi connectivity index (χ0v) is 14.3. The third-order valence-corrected chi connectivity index (χ3v) is 3.76. The van der Waals surface area contributed by atoms with Gasteiger partial charge in [-0.1, -0.05) is 24.3 Å². The lowest BCUT2D eigenvalue weighted by atomic mass is 10.2. The first-order valence-corrected chi connectivity index (χ1v) is 7.91. The van der Waals surface area contributed by atoms with E-state index in [0.717, 1.165) is 11.3 Å². The lowest BCUT2D eigenvalue weighted by Crippen LogP contribution is -2.38. The number of carbonyl (C=O) groups excluding carboxylic acids is 1. The predicted molar refractivity (Wildman–Crippen MR) is 93.8 cm³/mol. The fraction of sp³-hybridized carbons (Fsp3) is 0.316. The highest BCUT2D eigenvalue weighted by Crippen LogP contribution is 2.19. The lowest BCUT2D eigenvalue weighted by molar-refractivity contribution is -0.119. The third-order valence-electron chi connectivity index (χ3n) is 3.76. The highest BCUT2D eigenvalue weighted by molar-refractivity contribution is 5.94. The molecule has 0 aliphatic carbocycles. The van der Waals surface area contributed by atoms with Gasteiger partial charge < -0.3 is 9.64 Å². The van der Waals surface area contributed by atoms with E-state index < -0.39 is 5.82 Å². The number of hydrogen-bond acceptors (Lipinski definition) is 3. The van der Waals surface area contributed by atoms with Crippen molar-refractivity contribution in [3.05, 3.63) is 59.9 Å². The number of amides is 1. The van der Waals surface area contributed by atoms with Gasteiger partial charge >= 0.3 is 0 Å². The molecule has 1 amide bonds. The Bertz CT molecular complexity index is 676. The van der Waals surface area contributed by atoms with Gasteiger partial charge in [-0.15, -0.1) is 0 Å². The molecule has 24 heavy (non-hydrogen) atoms. The maximum Gasteiger partial charge on any atom is 0.241 e. The van der Waals surface area contributed by atoms with Gasteiger partial charge in [0.2, 0.25) is 5.91 Å². The van der Waals surface area contributed by atoms with Gasteiger partial charge in [-0.25, -0.2) is 4.39 Å². The molecule has 0 spiro atoms. The largest absolute Gasteiger partial charge is 0.494 e. The summed E-state index contributed by atoms with van der Waals surface area (Å²) in [5.41, 5.74) is 1.68. The number of nitrogens with zero attached hydrogens (tertiary/aromatic N) is 2. The molecule has 0 radical (unpaired) electrons. The van der Waals surface area contributed by atoms with Crippen molar-refractivity contribution in [1.29, 1.82) is 0 Å². The standard InChI is InChI=1S/C19H23FN2O2/c1-4-22(16-8-6-5-7-9-16)19(23)14-21(2)13-15-10-11-18(24-3)17(20)12-15/h5-12H,4,13-14H2,1-3H3. The molecule has 128 valence electrons. The number of anilines is 1. The van der Waals surface area contributed by atoms with Crippen LogP contribution in [0.1, 0.15) is 12.5 Å². The first kappa shape index (κ1) is 17.9. The van der Waals surface area contributed by atoms with Crippen molar-refractivity contribution in [1.82, 2.24) is 4.90 Å². The number of hydrogen-bond donors (Lipinski definition) is 0. The second-order valence-corrected chi connectivity index (χ2v) is 5.61. The molecule has 0 atom stereocenters. The lowest BCUT2D eigenvalue weighted by Gasteiger charge is -2.24. The summed E-state index contributed by atoms with van der Waals surface area (Å²) in [4.78, 5) is 16.1. The van der Waals surface area contributed by atoms with Gasteiger partial charge in [0.05, 0.1) is 13.7 Å². The molecule has 0 saturated carbocycles. The maximum atomic E-state index is 13.7. The summed E-state index contributed by atoms with van der Waals surface area (Å²) < 4.78 is 18.7. The number of rotatable bonds is 7. The Kier molecular flexibility index (Phi) is 6.32. The van der Waals surface area contributed by atoms with Crippen LogP contribution < -0.4 is 9.64 Å². The molecule has 0 aliphatic rings. The van der Waals surface area contributed by atoms with Crippen LogP contribution in [-0.2, 0) is 11.3 Å². The van der Waals surface area contributed by atoms with Crippen LogP contribution in [0.25, 0.3) is 0 Å². The Hall–Kier alpha value is -2.40. The van der Waals surface area contributed by atoms with Crippen LogP contribution in [0.4, 0.5) is 10.1 Å². The number of halogens is 1. The van der Waals surface area contributed by atoms with Gasteiger partial charge in [0.25, 0.3) is 0 Å². The first-order valence-electron chi connectivity index (χ1n) is 7.91. The molecule has 0 aliphatic heterocycles. The van der Waals surface area contributed by atoms with E-state index in [-0.39, 0.29) is 18.2 Å². The normalized spacial score (nSPS) is 10.7. The average molecular weight is 330 g/mol. The van der Waals surface area contributed by atoms with Gasteiger partial charge in [-0.2, -0.15) is 0 Å². The van der Waals surface area contributed by atoms with E-state index in [0.29, 0.717) is 13.1 Å².